The lowest BCUT2D eigenvalue weighted by Gasteiger charge is -2.24. The molecule has 1 N–H and O–H groups in total. The molecular weight excluding hydrogens is 470 g/mol. The molecule has 0 aliphatic heterocycles. The van der Waals surface area contributed by atoms with Crippen LogP contribution in [0.2, 0.25) is 0 Å². The highest BCUT2D eigenvalue weighted by molar-refractivity contribution is 7.92. The molecular formula is C25H27N3O6S. The van der Waals surface area contributed by atoms with Crippen LogP contribution in [0.1, 0.15) is 11.1 Å². The summed E-state index contributed by atoms with van der Waals surface area (Å²) >= 11 is 0. The van der Waals surface area contributed by atoms with Gasteiger partial charge in [0.25, 0.3) is 15.9 Å². The number of hydrazone groups is 1. The van der Waals surface area contributed by atoms with Gasteiger partial charge in [-0.25, -0.2) is 13.8 Å². The molecule has 0 fully saturated rings. The number of aryl methyl sites for hydroxylation is 1. The number of nitrogens with zero attached hydrogens (tertiary/aromatic N) is 2. The van der Waals surface area contributed by atoms with E-state index in [-0.39, 0.29) is 4.90 Å². The second-order valence-electron chi connectivity index (χ2n) is 7.43. The summed E-state index contributed by atoms with van der Waals surface area (Å²) in [5.74, 6) is 0.984. The molecule has 0 unspecified atom stereocenters. The van der Waals surface area contributed by atoms with Gasteiger partial charge in [0.1, 0.15) is 12.3 Å². The summed E-state index contributed by atoms with van der Waals surface area (Å²) < 4.78 is 43.4. The maximum absolute atomic E-state index is 13.4. The summed E-state index contributed by atoms with van der Waals surface area (Å²) in [6.07, 6.45) is 1.42. The van der Waals surface area contributed by atoms with Gasteiger partial charge in [0, 0.05) is 0 Å². The standard InChI is InChI=1S/C25H27N3O6S/c1-18-5-8-20(9-6-18)28(35(30,31)22-12-10-21(32-2)11-13-22)17-25(29)27-26-16-19-7-14-23(33-3)24(15-19)34-4/h5-16H,17H2,1-4H3,(H,27,29)/b26-16+. The summed E-state index contributed by atoms with van der Waals surface area (Å²) in [4.78, 5) is 12.7. The molecule has 0 bridgehead atoms. The van der Waals surface area contributed by atoms with Crippen LogP contribution in [0.25, 0.3) is 0 Å². The topological polar surface area (TPSA) is 107 Å². The fourth-order valence-corrected chi connectivity index (χ4v) is 4.60. The third-order valence-corrected chi connectivity index (χ3v) is 6.86. The number of methoxy groups -OCH3 is 3. The van der Waals surface area contributed by atoms with Crippen LogP contribution in [-0.2, 0) is 14.8 Å². The number of carbonyl (C=O) groups is 1. The van der Waals surface area contributed by atoms with Gasteiger partial charge in [-0.2, -0.15) is 5.10 Å². The van der Waals surface area contributed by atoms with Crippen LogP contribution in [0.4, 0.5) is 5.69 Å². The Bertz CT molecular complexity index is 1290. The number of amides is 1. The number of rotatable bonds is 10. The highest BCUT2D eigenvalue weighted by Crippen LogP contribution is 2.27. The maximum atomic E-state index is 13.4. The van der Waals surface area contributed by atoms with Crippen molar-refractivity contribution in [3.63, 3.8) is 0 Å². The molecule has 0 spiro atoms. The number of ether oxygens (including phenoxy) is 3. The van der Waals surface area contributed by atoms with Crippen molar-refractivity contribution in [1.82, 2.24) is 5.43 Å². The van der Waals surface area contributed by atoms with Gasteiger partial charge < -0.3 is 14.2 Å². The Labute approximate surface area is 205 Å². The van der Waals surface area contributed by atoms with Gasteiger partial charge >= 0.3 is 0 Å². The number of anilines is 1. The van der Waals surface area contributed by atoms with E-state index in [1.165, 1.54) is 39.7 Å². The average Bonchev–Trinajstić information content (AvgIpc) is 2.87. The molecule has 0 aromatic heterocycles. The summed E-state index contributed by atoms with van der Waals surface area (Å²) in [7, 11) is 0.499. The van der Waals surface area contributed by atoms with Crippen LogP contribution in [0.5, 0.6) is 17.2 Å². The van der Waals surface area contributed by atoms with Crippen LogP contribution in [-0.4, -0.2) is 48.4 Å². The Balaban J connectivity index is 1.81. The molecule has 3 aromatic carbocycles. The lowest BCUT2D eigenvalue weighted by Crippen LogP contribution is -2.39. The number of hydrogen-bond donors (Lipinski definition) is 1. The van der Waals surface area contributed by atoms with E-state index in [0.29, 0.717) is 28.5 Å². The average molecular weight is 498 g/mol. The minimum absolute atomic E-state index is 0.0282. The van der Waals surface area contributed by atoms with Gasteiger partial charge in [-0.1, -0.05) is 17.7 Å². The molecule has 0 atom stereocenters. The number of carbonyl (C=O) groups excluding carboxylic acids is 1. The molecule has 0 saturated carbocycles. The van der Waals surface area contributed by atoms with Crippen LogP contribution in [0.3, 0.4) is 0 Å². The number of nitrogens with one attached hydrogen (secondary N) is 1. The second kappa shape index (κ2) is 11.4. The van der Waals surface area contributed by atoms with Crippen molar-refractivity contribution in [3.05, 3.63) is 77.9 Å². The van der Waals surface area contributed by atoms with Gasteiger partial charge in [-0.05, 0) is 67.1 Å². The smallest absolute Gasteiger partial charge is 0.264 e. The Kier molecular flexibility index (Phi) is 8.32. The number of sulfonamides is 1. The van der Waals surface area contributed by atoms with E-state index in [0.717, 1.165) is 9.87 Å². The van der Waals surface area contributed by atoms with E-state index in [9.17, 15) is 13.2 Å². The monoisotopic (exact) mass is 497 g/mol. The summed E-state index contributed by atoms with van der Waals surface area (Å²) in [6.45, 7) is 1.42. The lowest BCUT2D eigenvalue weighted by atomic mass is 10.2. The maximum Gasteiger partial charge on any atom is 0.264 e. The summed E-state index contributed by atoms with van der Waals surface area (Å²) in [5.41, 5.74) is 4.35. The van der Waals surface area contributed by atoms with Crippen molar-refractivity contribution in [2.24, 2.45) is 5.10 Å². The van der Waals surface area contributed by atoms with E-state index in [4.69, 9.17) is 14.2 Å². The molecule has 3 aromatic rings. The Morgan fingerprint density at radius 3 is 2.17 bits per heavy atom. The highest BCUT2D eigenvalue weighted by Gasteiger charge is 2.27. The number of hydrogen-bond acceptors (Lipinski definition) is 7. The van der Waals surface area contributed by atoms with Crippen LogP contribution >= 0.6 is 0 Å². The molecule has 0 radical (unpaired) electrons. The minimum atomic E-state index is -4.05. The van der Waals surface area contributed by atoms with Gasteiger partial charge in [0.15, 0.2) is 11.5 Å². The van der Waals surface area contributed by atoms with Crippen molar-refractivity contribution in [2.45, 2.75) is 11.8 Å². The van der Waals surface area contributed by atoms with Crippen molar-refractivity contribution in [2.75, 3.05) is 32.2 Å². The zero-order valence-corrected chi connectivity index (χ0v) is 20.7. The fourth-order valence-electron chi connectivity index (χ4n) is 3.18. The molecule has 0 heterocycles. The Hall–Kier alpha value is -4.05. The predicted molar refractivity (Wildman–Crippen MR) is 134 cm³/mol. The lowest BCUT2D eigenvalue weighted by molar-refractivity contribution is -0.119. The molecule has 10 heteroatoms. The third-order valence-electron chi connectivity index (χ3n) is 5.07. The Morgan fingerprint density at radius 2 is 1.57 bits per heavy atom. The summed E-state index contributed by atoms with van der Waals surface area (Å²) in [5, 5.41) is 3.95. The molecule has 0 aliphatic rings. The van der Waals surface area contributed by atoms with Crippen molar-refractivity contribution < 1.29 is 27.4 Å². The van der Waals surface area contributed by atoms with Crippen LogP contribution in [0.15, 0.2) is 76.7 Å². The van der Waals surface area contributed by atoms with Gasteiger partial charge in [-0.15, -0.1) is 0 Å². The quantitative estimate of drug-likeness (QED) is 0.340. The first-order valence-electron chi connectivity index (χ1n) is 10.6. The van der Waals surface area contributed by atoms with E-state index >= 15 is 0 Å². The van der Waals surface area contributed by atoms with E-state index in [1.807, 2.05) is 6.92 Å². The van der Waals surface area contributed by atoms with Crippen LogP contribution < -0.4 is 23.9 Å². The zero-order valence-electron chi connectivity index (χ0n) is 19.9. The van der Waals surface area contributed by atoms with E-state index in [2.05, 4.69) is 10.5 Å². The molecule has 35 heavy (non-hydrogen) atoms. The van der Waals surface area contributed by atoms with E-state index in [1.54, 1.807) is 54.6 Å². The second-order valence-corrected chi connectivity index (χ2v) is 9.29. The first-order chi connectivity index (χ1) is 16.8. The Morgan fingerprint density at radius 1 is 0.914 bits per heavy atom. The SMILES string of the molecule is COc1ccc(S(=O)(=O)N(CC(=O)N/N=C/c2ccc(OC)c(OC)c2)c2ccc(C)cc2)cc1. The third kappa shape index (κ3) is 6.30. The normalized spacial score (nSPS) is 11.2. The predicted octanol–water partition coefficient (Wildman–Crippen LogP) is 3.37. The molecule has 9 nitrogen and oxygen atoms in total. The first kappa shape index (κ1) is 25.6. The van der Waals surface area contributed by atoms with Gasteiger partial charge in [0.2, 0.25) is 0 Å². The van der Waals surface area contributed by atoms with Crippen LogP contribution in [0, 0.1) is 6.92 Å². The molecule has 0 saturated heterocycles. The fraction of sp³-hybridized carbons (Fsp3) is 0.200. The summed E-state index contributed by atoms with van der Waals surface area (Å²) in [6, 6.07) is 18.0. The van der Waals surface area contributed by atoms with Gasteiger partial charge in [0.05, 0.1) is 38.1 Å². The van der Waals surface area contributed by atoms with Crippen molar-refractivity contribution in [3.8, 4) is 17.2 Å². The largest absolute Gasteiger partial charge is 0.497 e. The molecule has 3 rings (SSSR count). The molecule has 1 amide bonds. The van der Waals surface area contributed by atoms with Gasteiger partial charge in [-0.3, -0.25) is 9.10 Å². The van der Waals surface area contributed by atoms with Crippen molar-refractivity contribution in [1.29, 1.82) is 0 Å². The molecule has 0 aliphatic carbocycles. The highest BCUT2D eigenvalue weighted by atomic mass is 32.2. The number of benzene rings is 3. The zero-order chi connectivity index (χ0) is 25.4. The first-order valence-corrected chi connectivity index (χ1v) is 12.0. The minimum Gasteiger partial charge on any atom is -0.497 e. The molecule has 184 valence electrons. The van der Waals surface area contributed by atoms with Crippen molar-refractivity contribution >= 4 is 27.8 Å². The van der Waals surface area contributed by atoms with E-state index < -0.39 is 22.5 Å².